The van der Waals surface area contributed by atoms with Gasteiger partial charge in [0, 0.05) is 11.8 Å². The highest BCUT2D eigenvalue weighted by Gasteiger charge is 2.36. The third kappa shape index (κ3) is 3.08. The van der Waals surface area contributed by atoms with Gasteiger partial charge in [0.15, 0.2) is 0 Å². The van der Waals surface area contributed by atoms with Crippen molar-refractivity contribution in [1.82, 2.24) is 0 Å². The largest absolute Gasteiger partial charge is 0.393 e. The van der Waals surface area contributed by atoms with E-state index in [4.69, 9.17) is 0 Å². The van der Waals surface area contributed by atoms with Crippen LogP contribution in [0.5, 0.6) is 0 Å². The molecule has 4 heteroatoms. The molecule has 0 bridgehead atoms. The fraction of sp³-hybridized carbons (Fsp3) is 1.00. The van der Waals surface area contributed by atoms with Crippen LogP contribution < -0.4 is 0 Å². The minimum Gasteiger partial charge on any atom is -0.393 e. The average Bonchev–Trinajstić information content (AvgIpc) is 2.49. The molecule has 1 rings (SSSR count). The van der Waals surface area contributed by atoms with E-state index < -0.39 is 7.37 Å². The van der Waals surface area contributed by atoms with Gasteiger partial charge in [-0.25, -0.2) is 0 Å². The molecule has 1 aliphatic carbocycles. The van der Waals surface area contributed by atoms with E-state index >= 15 is 0 Å². The second-order valence-corrected chi connectivity index (χ2v) is 6.64. The molecular weight excluding hydrogens is 187 g/mol. The van der Waals surface area contributed by atoms with Crippen molar-refractivity contribution in [3.8, 4) is 0 Å². The number of rotatable bonds is 4. The Morgan fingerprint density at radius 1 is 1.46 bits per heavy atom. The van der Waals surface area contributed by atoms with Crippen molar-refractivity contribution < 1.29 is 14.6 Å². The summed E-state index contributed by atoms with van der Waals surface area (Å²) in [6.07, 6.45) is 3.81. The maximum atomic E-state index is 11.8. The fourth-order valence-electron chi connectivity index (χ4n) is 1.87. The lowest BCUT2D eigenvalue weighted by atomic mass is 10.3. The molecule has 0 spiro atoms. The first-order valence-corrected chi connectivity index (χ1v) is 6.97. The summed E-state index contributed by atoms with van der Waals surface area (Å²) >= 11 is 0. The molecule has 1 fully saturated rings. The van der Waals surface area contributed by atoms with E-state index in [1.54, 1.807) is 0 Å². The minimum atomic E-state index is -2.95. The van der Waals surface area contributed by atoms with Gasteiger partial charge in [0.25, 0.3) is 0 Å². The maximum Gasteiger partial charge on any atom is 0.203 e. The van der Waals surface area contributed by atoms with E-state index in [0.29, 0.717) is 19.0 Å². The lowest BCUT2D eigenvalue weighted by molar-refractivity contribution is 0.183. The molecule has 0 aliphatic heterocycles. The predicted molar refractivity (Wildman–Crippen MR) is 53.2 cm³/mol. The van der Waals surface area contributed by atoms with Gasteiger partial charge in [0.1, 0.15) is 0 Å². The van der Waals surface area contributed by atoms with E-state index in [1.165, 1.54) is 0 Å². The third-order valence-electron chi connectivity index (χ3n) is 2.78. The van der Waals surface area contributed by atoms with Crippen molar-refractivity contribution in [2.75, 3.05) is 6.16 Å². The van der Waals surface area contributed by atoms with E-state index in [2.05, 4.69) is 0 Å². The molecule has 0 aromatic rings. The maximum absolute atomic E-state index is 11.8. The van der Waals surface area contributed by atoms with Crippen LogP contribution in [0.25, 0.3) is 0 Å². The Morgan fingerprint density at radius 2 is 2.15 bits per heavy atom. The molecule has 3 nitrogen and oxygen atoms in total. The summed E-state index contributed by atoms with van der Waals surface area (Å²) in [6, 6.07) is 0. The first-order valence-electron chi connectivity index (χ1n) is 5.06. The molecule has 0 amide bonds. The van der Waals surface area contributed by atoms with Gasteiger partial charge >= 0.3 is 0 Å². The first kappa shape index (κ1) is 11.2. The van der Waals surface area contributed by atoms with Gasteiger partial charge in [-0.05, 0) is 25.7 Å². The van der Waals surface area contributed by atoms with E-state index in [1.807, 2.05) is 6.92 Å². The van der Waals surface area contributed by atoms with Gasteiger partial charge < -0.3 is 10.00 Å². The second kappa shape index (κ2) is 4.59. The molecule has 2 N–H and O–H groups in total. The Balaban J connectivity index is 2.44. The van der Waals surface area contributed by atoms with Crippen molar-refractivity contribution in [3.05, 3.63) is 0 Å². The summed E-state index contributed by atoms with van der Waals surface area (Å²) in [5.41, 5.74) is -0.131. The number of aliphatic hydroxyl groups excluding tert-OH is 1. The molecule has 1 aliphatic rings. The normalized spacial score (nSPS) is 33.2. The Labute approximate surface area is 79.6 Å². The zero-order valence-electron chi connectivity index (χ0n) is 8.15. The third-order valence-corrected chi connectivity index (χ3v) is 5.35. The van der Waals surface area contributed by atoms with Crippen LogP contribution in [-0.2, 0) is 4.57 Å². The zero-order chi connectivity index (χ0) is 9.90. The average molecular weight is 206 g/mol. The summed E-state index contributed by atoms with van der Waals surface area (Å²) in [5.74, 6) is 0. The highest BCUT2D eigenvalue weighted by molar-refractivity contribution is 7.58. The van der Waals surface area contributed by atoms with Crippen LogP contribution in [0.2, 0.25) is 0 Å². The monoisotopic (exact) mass is 206 g/mol. The summed E-state index contributed by atoms with van der Waals surface area (Å²) in [6.45, 7) is 2.02. The molecule has 13 heavy (non-hydrogen) atoms. The molecule has 0 aromatic heterocycles. The molecule has 1 saturated carbocycles. The van der Waals surface area contributed by atoms with Crippen molar-refractivity contribution in [1.29, 1.82) is 0 Å². The lowest BCUT2D eigenvalue weighted by Crippen LogP contribution is -2.08. The summed E-state index contributed by atoms with van der Waals surface area (Å²) in [5, 5.41) is 9.26. The van der Waals surface area contributed by atoms with Gasteiger partial charge in [-0.15, -0.1) is 0 Å². The van der Waals surface area contributed by atoms with Gasteiger partial charge in [-0.2, -0.15) is 0 Å². The molecule has 0 aromatic carbocycles. The zero-order valence-corrected chi connectivity index (χ0v) is 9.04. The van der Waals surface area contributed by atoms with Gasteiger partial charge in [0.05, 0.1) is 6.10 Å². The minimum absolute atomic E-state index is 0.131. The van der Waals surface area contributed by atoms with Crippen molar-refractivity contribution >= 4 is 7.37 Å². The number of unbranched alkanes of at least 4 members (excludes halogenated alkanes) is 1. The molecule has 0 saturated heterocycles. The van der Waals surface area contributed by atoms with Crippen molar-refractivity contribution in [2.45, 2.75) is 50.8 Å². The fourth-order valence-corrected chi connectivity index (χ4v) is 4.13. The first-order chi connectivity index (χ1) is 6.06. The Kier molecular flexibility index (Phi) is 3.96. The van der Waals surface area contributed by atoms with Crippen molar-refractivity contribution in [3.63, 3.8) is 0 Å². The van der Waals surface area contributed by atoms with Crippen LogP contribution in [0.1, 0.15) is 39.0 Å². The van der Waals surface area contributed by atoms with E-state index in [-0.39, 0.29) is 11.8 Å². The van der Waals surface area contributed by atoms with Crippen molar-refractivity contribution in [2.24, 2.45) is 0 Å². The second-order valence-electron chi connectivity index (χ2n) is 3.95. The summed E-state index contributed by atoms with van der Waals surface area (Å²) in [4.78, 5) is 9.71. The van der Waals surface area contributed by atoms with E-state index in [9.17, 15) is 14.6 Å². The van der Waals surface area contributed by atoms with Gasteiger partial charge in [-0.1, -0.05) is 13.3 Å². The SMILES string of the molecule is CCCCP(=O)(O)C1CCC(O)C1. The van der Waals surface area contributed by atoms with Crippen LogP contribution in [0.4, 0.5) is 0 Å². The molecule has 0 radical (unpaired) electrons. The van der Waals surface area contributed by atoms with Crippen LogP contribution in [-0.4, -0.2) is 27.9 Å². The predicted octanol–water partition coefficient (Wildman–Crippen LogP) is 1.97. The molecule has 78 valence electrons. The Bertz CT molecular complexity index is 205. The Hall–Kier alpha value is 0.150. The smallest absolute Gasteiger partial charge is 0.203 e. The van der Waals surface area contributed by atoms with Crippen LogP contribution >= 0.6 is 7.37 Å². The van der Waals surface area contributed by atoms with Crippen LogP contribution in [0.15, 0.2) is 0 Å². The molecule has 3 atom stereocenters. The summed E-state index contributed by atoms with van der Waals surface area (Å²) < 4.78 is 11.8. The number of aliphatic hydroxyl groups is 1. The number of hydrogen-bond acceptors (Lipinski definition) is 2. The highest BCUT2D eigenvalue weighted by atomic mass is 31.2. The standard InChI is InChI=1S/C9H19O3P/c1-2-3-6-13(11,12)9-5-4-8(10)7-9/h8-10H,2-7H2,1H3,(H,11,12). The molecule has 3 unspecified atom stereocenters. The summed E-state index contributed by atoms with van der Waals surface area (Å²) in [7, 11) is -2.95. The van der Waals surface area contributed by atoms with Gasteiger partial charge in [0.2, 0.25) is 7.37 Å². The lowest BCUT2D eigenvalue weighted by Gasteiger charge is -2.17. The topological polar surface area (TPSA) is 57.5 Å². The van der Waals surface area contributed by atoms with Crippen LogP contribution in [0.3, 0.4) is 0 Å². The molecular formula is C9H19O3P. The van der Waals surface area contributed by atoms with E-state index in [0.717, 1.165) is 19.3 Å². The molecule has 0 heterocycles. The highest BCUT2D eigenvalue weighted by Crippen LogP contribution is 2.53. The van der Waals surface area contributed by atoms with Gasteiger partial charge in [-0.3, -0.25) is 4.57 Å². The van der Waals surface area contributed by atoms with Crippen LogP contribution in [0, 0.1) is 0 Å². The quantitative estimate of drug-likeness (QED) is 0.691. The Morgan fingerprint density at radius 3 is 2.62 bits per heavy atom. The number of hydrogen-bond donors (Lipinski definition) is 2.